The summed E-state index contributed by atoms with van der Waals surface area (Å²) in [6.45, 7) is 6.84. The zero-order valence-corrected chi connectivity index (χ0v) is 20.1. The topological polar surface area (TPSA) is 124 Å². The van der Waals surface area contributed by atoms with Crippen LogP contribution in [0.2, 0.25) is 0 Å². The Balaban J connectivity index is 1.65. The molecule has 0 saturated carbocycles. The van der Waals surface area contributed by atoms with E-state index in [1.807, 2.05) is 32.0 Å². The molecular weight excluding hydrogens is 455 g/mol. The maximum atomic E-state index is 14.1. The van der Waals surface area contributed by atoms with Gasteiger partial charge in [0.1, 0.15) is 12.2 Å². The number of pyridine rings is 1. The van der Waals surface area contributed by atoms with Crippen molar-refractivity contribution in [3.63, 3.8) is 0 Å². The molecule has 34 heavy (non-hydrogen) atoms. The SMILES string of the molecule is CC(C)Nc1cc(-c2ccc3cc(C#N)cnn23)ncc1-c1nnc(NCC(F)C(C)(C)O)s1. The molecule has 0 radical (unpaired) electrons. The summed E-state index contributed by atoms with van der Waals surface area (Å²) in [4.78, 5) is 4.63. The third kappa shape index (κ3) is 4.98. The summed E-state index contributed by atoms with van der Waals surface area (Å²) in [5.74, 6) is 0. The van der Waals surface area contributed by atoms with Crippen LogP contribution in [0.15, 0.2) is 36.7 Å². The van der Waals surface area contributed by atoms with Gasteiger partial charge in [0.15, 0.2) is 5.01 Å². The first-order valence-electron chi connectivity index (χ1n) is 10.7. The lowest BCUT2D eigenvalue weighted by Crippen LogP contribution is -2.37. The largest absolute Gasteiger partial charge is 0.387 e. The Kier molecular flexibility index (Phi) is 6.45. The Bertz CT molecular complexity index is 1350. The highest BCUT2D eigenvalue weighted by Crippen LogP contribution is 2.35. The van der Waals surface area contributed by atoms with Gasteiger partial charge in [-0.2, -0.15) is 10.4 Å². The molecule has 0 bridgehead atoms. The number of hydrogen-bond donors (Lipinski definition) is 3. The molecule has 4 heterocycles. The number of nitrogens with one attached hydrogen (secondary N) is 2. The fraction of sp³-hybridized carbons (Fsp3) is 0.348. The van der Waals surface area contributed by atoms with Crippen LogP contribution in [0.25, 0.3) is 27.5 Å². The molecule has 4 rings (SSSR count). The van der Waals surface area contributed by atoms with E-state index in [0.717, 1.165) is 22.5 Å². The van der Waals surface area contributed by atoms with Gasteiger partial charge in [-0.1, -0.05) is 11.3 Å². The summed E-state index contributed by atoms with van der Waals surface area (Å²) in [5.41, 5.74) is 2.94. The number of aliphatic hydroxyl groups is 1. The molecule has 11 heteroatoms. The minimum atomic E-state index is -1.45. The normalized spacial score (nSPS) is 12.6. The highest BCUT2D eigenvalue weighted by molar-refractivity contribution is 7.18. The van der Waals surface area contributed by atoms with Crippen molar-refractivity contribution in [1.82, 2.24) is 24.8 Å². The van der Waals surface area contributed by atoms with Crippen molar-refractivity contribution in [1.29, 1.82) is 5.26 Å². The molecule has 3 N–H and O–H groups in total. The molecule has 1 unspecified atom stereocenters. The van der Waals surface area contributed by atoms with E-state index in [-0.39, 0.29) is 12.6 Å². The van der Waals surface area contributed by atoms with Crippen LogP contribution in [0.4, 0.5) is 15.2 Å². The second-order valence-electron chi connectivity index (χ2n) is 8.74. The summed E-state index contributed by atoms with van der Waals surface area (Å²) in [6, 6.07) is 9.75. The summed E-state index contributed by atoms with van der Waals surface area (Å²) in [6.07, 6.45) is 1.80. The lowest BCUT2D eigenvalue weighted by Gasteiger charge is -2.22. The van der Waals surface area contributed by atoms with Crippen molar-refractivity contribution < 1.29 is 9.50 Å². The molecular formula is C23H25FN8OS. The third-order valence-electron chi connectivity index (χ3n) is 5.09. The molecule has 0 spiro atoms. The quantitative estimate of drug-likeness (QED) is 0.344. The Hall–Kier alpha value is -3.62. The lowest BCUT2D eigenvalue weighted by atomic mass is 10.0. The van der Waals surface area contributed by atoms with Gasteiger partial charge in [0.2, 0.25) is 5.13 Å². The number of alkyl halides is 1. The van der Waals surface area contributed by atoms with Crippen molar-refractivity contribution in [2.24, 2.45) is 0 Å². The van der Waals surface area contributed by atoms with Gasteiger partial charge in [0, 0.05) is 17.9 Å². The molecule has 9 nitrogen and oxygen atoms in total. The van der Waals surface area contributed by atoms with E-state index in [0.29, 0.717) is 21.4 Å². The van der Waals surface area contributed by atoms with E-state index in [9.17, 15) is 9.50 Å². The summed E-state index contributed by atoms with van der Waals surface area (Å²) < 4.78 is 15.8. The van der Waals surface area contributed by atoms with Gasteiger partial charge in [0.25, 0.3) is 0 Å². The number of anilines is 2. The van der Waals surface area contributed by atoms with E-state index in [1.54, 1.807) is 16.8 Å². The molecule has 0 fully saturated rings. The van der Waals surface area contributed by atoms with E-state index in [4.69, 9.17) is 5.26 Å². The second-order valence-corrected chi connectivity index (χ2v) is 9.72. The van der Waals surface area contributed by atoms with Crippen molar-refractivity contribution >= 4 is 27.7 Å². The van der Waals surface area contributed by atoms with E-state index >= 15 is 0 Å². The Morgan fingerprint density at radius 2 is 2.03 bits per heavy atom. The number of aromatic nitrogens is 5. The minimum Gasteiger partial charge on any atom is -0.387 e. The molecule has 176 valence electrons. The highest BCUT2D eigenvalue weighted by Gasteiger charge is 2.26. The van der Waals surface area contributed by atoms with Gasteiger partial charge in [-0.3, -0.25) is 4.98 Å². The highest BCUT2D eigenvalue weighted by atomic mass is 32.1. The molecule has 1 atom stereocenters. The third-order valence-corrected chi connectivity index (χ3v) is 6.01. The molecule has 0 aliphatic rings. The van der Waals surface area contributed by atoms with Crippen LogP contribution >= 0.6 is 11.3 Å². The van der Waals surface area contributed by atoms with E-state index in [1.165, 1.54) is 31.4 Å². The molecule has 4 aromatic heterocycles. The van der Waals surface area contributed by atoms with Gasteiger partial charge in [0.05, 0.1) is 46.4 Å². The summed E-state index contributed by atoms with van der Waals surface area (Å²) in [7, 11) is 0. The Labute approximate surface area is 200 Å². The fourth-order valence-electron chi connectivity index (χ4n) is 3.28. The average molecular weight is 481 g/mol. The van der Waals surface area contributed by atoms with Crippen LogP contribution in [0.1, 0.15) is 33.3 Å². The maximum absolute atomic E-state index is 14.1. The van der Waals surface area contributed by atoms with Crippen molar-refractivity contribution in [3.8, 4) is 28.0 Å². The Morgan fingerprint density at radius 1 is 1.24 bits per heavy atom. The van der Waals surface area contributed by atoms with Crippen LogP contribution in [-0.2, 0) is 0 Å². The lowest BCUT2D eigenvalue weighted by molar-refractivity contribution is 0.00323. The summed E-state index contributed by atoms with van der Waals surface area (Å²) in [5, 5.41) is 39.0. The predicted molar refractivity (Wildman–Crippen MR) is 130 cm³/mol. The van der Waals surface area contributed by atoms with Crippen LogP contribution in [0, 0.1) is 11.3 Å². The number of rotatable bonds is 8. The molecule has 0 aromatic carbocycles. The van der Waals surface area contributed by atoms with Gasteiger partial charge in [-0.25, -0.2) is 8.91 Å². The van der Waals surface area contributed by atoms with Crippen molar-refractivity contribution in [2.75, 3.05) is 17.2 Å². The van der Waals surface area contributed by atoms with E-state index < -0.39 is 11.8 Å². The maximum Gasteiger partial charge on any atom is 0.206 e. The monoisotopic (exact) mass is 480 g/mol. The summed E-state index contributed by atoms with van der Waals surface area (Å²) >= 11 is 1.28. The first kappa shape index (κ1) is 23.5. The van der Waals surface area contributed by atoms with Gasteiger partial charge >= 0.3 is 0 Å². The second kappa shape index (κ2) is 9.32. The van der Waals surface area contributed by atoms with Gasteiger partial charge in [-0.15, -0.1) is 10.2 Å². The van der Waals surface area contributed by atoms with Crippen molar-refractivity contribution in [3.05, 3.63) is 42.2 Å². The fourth-order valence-corrected chi connectivity index (χ4v) is 4.06. The number of hydrogen-bond acceptors (Lipinski definition) is 9. The standard InChI is InChI=1S/C23H25FN8OS/c1-13(2)29-17-8-18(19-6-5-15-7-14(9-25)10-28-32(15)19)26-11-16(17)21-30-31-22(34-21)27-12-20(24)23(3,4)33/h5-8,10-11,13,20,33H,12H2,1-4H3,(H,26,29)(H,27,31). The number of fused-ring (bicyclic) bond motifs is 1. The smallest absolute Gasteiger partial charge is 0.206 e. The van der Waals surface area contributed by atoms with Crippen LogP contribution in [0.3, 0.4) is 0 Å². The average Bonchev–Trinajstić information content (AvgIpc) is 3.43. The number of nitrogens with zero attached hydrogens (tertiary/aromatic N) is 6. The minimum absolute atomic E-state index is 0.0752. The first-order chi connectivity index (χ1) is 16.2. The van der Waals surface area contributed by atoms with Crippen LogP contribution in [0.5, 0.6) is 0 Å². The number of nitriles is 1. The first-order valence-corrected chi connectivity index (χ1v) is 11.6. The zero-order chi connectivity index (χ0) is 24.5. The van der Waals surface area contributed by atoms with Gasteiger partial charge in [-0.05, 0) is 52.0 Å². The molecule has 0 aliphatic carbocycles. The van der Waals surface area contributed by atoms with Crippen LogP contribution < -0.4 is 10.6 Å². The van der Waals surface area contributed by atoms with E-state index in [2.05, 4.69) is 37.0 Å². The predicted octanol–water partition coefficient (Wildman–Crippen LogP) is 4.13. The van der Waals surface area contributed by atoms with Crippen LogP contribution in [-0.4, -0.2) is 54.3 Å². The molecule has 0 aliphatic heterocycles. The van der Waals surface area contributed by atoms with Crippen molar-refractivity contribution in [2.45, 2.75) is 45.5 Å². The molecule has 0 amide bonds. The van der Waals surface area contributed by atoms with Gasteiger partial charge < -0.3 is 15.7 Å². The Morgan fingerprint density at radius 3 is 2.74 bits per heavy atom. The zero-order valence-electron chi connectivity index (χ0n) is 19.2. The molecule has 4 aromatic rings. The number of halogens is 1. The molecule has 0 saturated heterocycles.